The molecule has 0 saturated carbocycles. The average Bonchev–Trinajstić information content (AvgIpc) is 2.39. The molecule has 106 valence electrons. The molecule has 1 rings (SSSR count). The lowest BCUT2D eigenvalue weighted by Crippen LogP contribution is -2.25. The first kappa shape index (κ1) is 15.2. The normalized spacial score (nSPS) is 11.2. The second-order valence-corrected chi connectivity index (χ2v) is 4.68. The van der Waals surface area contributed by atoms with Gasteiger partial charge in [0.05, 0.1) is 31.2 Å². The minimum Gasteiger partial charge on any atom is -0.477 e. The van der Waals surface area contributed by atoms with Gasteiger partial charge in [-0.05, 0) is 19.9 Å². The van der Waals surface area contributed by atoms with E-state index in [1.54, 1.807) is 7.11 Å². The van der Waals surface area contributed by atoms with Crippen LogP contribution in [-0.2, 0) is 9.47 Å². The summed E-state index contributed by atoms with van der Waals surface area (Å²) < 4.78 is 15.4. The van der Waals surface area contributed by atoms with Gasteiger partial charge in [-0.1, -0.05) is 0 Å². The maximum atomic E-state index is 11.6. The number of methoxy groups -OCH3 is 2. The van der Waals surface area contributed by atoms with Gasteiger partial charge in [0, 0.05) is 13.5 Å². The molecule has 1 aromatic rings. The third-order valence-corrected chi connectivity index (χ3v) is 2.77. The van der Waals surface area contributed by atoms with Crippen molar-refractivity contribution in [1.29, 1.82) is 0 Å². The molecule has 6 heteroatoms. The largest absolute Gasteiger partial charge is 0.477 e. The predicted molar refractivity (Wildman–Crippen MR) is 71.2 cm³/mol. The van der Waals surface area contributed by atoms with Crippen LogP contribution in [0, 0.1) is 0 Å². The molecule has 0 bridgehead atoms. The zero-order valence-corrected chi connectivity index (χ0v) is 11.7. The number of nitrogen functional groups attached to an aromatic ring is 1. The fraction of sp³-hybridized carbons (Fsp3) is 0.538. The number of anilines is 1. The Bertz CT molecular complexity index is 446. The second-order valence-electron chi connectivity index (χ2n) is 4.68. The number of pyridine rings is 1. The van der Waals surface area contributed by atoms with Gasteiger partial charge in [0.15, 0.2) is 0 Å². The number of esters is 1. The van der Waals surface area contributed by atoms with Crippen LogP contribution >= 0.6 is 0 Å². The second kappa shape index (κ2) is 6.38. The van der Waals surface area contributed by atoms with Gasteiger partial charge in [-0.25, -0.2) is 9.78 Å². The zero-order chi connectivity index (χ0) is 14.5. The molecule has 19 heavy (non-hydrogen) atoms. The highest BCUT2D eigenvalue weighted by Crippen LogP contribution is 2.20. The van der Waals surface area contributed by atoms with Crippen LogP contribution in [0.25, 0.3) is 0 Å². The van der Waals surface area contributed by atoms with E-state index in [2.05, 4.69) is 9.72 Å². The van der Waals surface area contributed by atoms with Crippen molar-refractivity contribution in [3.63, 3.8) is 0 Å². The summed E-state index contributed by atoms with van der Waals surface area (Å²) >= 11 is 0. The first-order valence-electron chi connectivity index (χ1n) is 5.91. The van der Waals surface area contributed by atoms with Crippen LogP contribution in [0.2, 0.25) is 0 Å². The fourth-order valence-electron chi connectivity index (χ4n) is 1.34. The number of nitrogens with zero attached hydrogens (tertiary/aromatic N) is 1. The average molecular weight is 268 g/mol. The van der Waals surface area contributed by atoms with E-state index in [0.717, 1.165) is 0 Å². The predicted octanol–water partition coefficient (Wildman–Crippen LogP) is 1.64. The number of nitrogens with two attached hydrogens (primary N) is 1. The van der Waals surface area contributed by atoms with Gasteiger partial charge in [0.2, 0.25) is 5.88 Å². The summed E-state index contributed by atoms with van der Waals surface area (Å²) in [4.78, 5) is 15.6. The molecule has 0 fully saturated rings. The van der Waals surface area contributed by atoms with Crippen molar-refractivity contribution in [3.05, 3.63) is 17.8 Å². The Hall–Kier alpha value is -1.82. The van der Waals surface area contributed by atoms with E-state index < -0.39 is 5.97 Å². The van der Waals surface area contributed by atoms with Crippen molar-refractivity contribution < 1.29 is 19.0 Å². The van der Waals surface area contributed by atoms with Crippen LogP contribution < -0.4 is 10.5 Å². The van der Waals surface area contributed by atoms with Crippen LogP contribution in [0.4, 0.5) is 5.69 Å². The Balaban J connectivity index is 2.75. The van der Waals surface area contributed by atoms with E-state index in [1.165, 1.54) is 19.4 Å². The Labute approximate surface area is 112 Å². The van der Waals surface area contributed by atoms with Gasteiger partial charge in [-0.3, -0.25) is 0 Å². The maximum Gasteiger partial charge on any atom is 0.343 e. The number of hydrogen-bond donors (Lipinski definition) is 1. The topological polar surface area (TPSA) is 83.7 Å². The molecule has 0 spiro atoms. The summed E-state index contributed by atoms with van der Waals surface area (Å²) in [6.07, 6.45) is 2.10. The van der Waals surface area contributed by atoms with Gasteiger partial charge in [0.1, 0.15) is 5.56 Å². The van der Waals surface area contributed by atoms with Crippen LogP contribution in [0.1, 0.15) is 30.6 Å². The number of rotatable bonds is 6. The summed E-state index contributed by atoms with van der Waals surface area (Å²) in [5, 5.41) is 0. The van der Waals surface area contributed by atoms with Crippen LogP contribution in [-0.4, -0.2) is 37.4 Å². The van der Waals surface area contributed by atoms with E-state index in [9.17, 15) is 4.79 Å². The number of aromatic nitrogens is 1. The van der Waals surface area contributed by atoms with Crippen molar-refractivity contribution in [1.82, 2.24) is 4.98 Å². The lowest BCUT2D eigenvalue weighted by molar-refractivity contribution is 0.00497. The smallest absolute Gasteiger partial charge is 0.343 e. The van der Waals surface area contributed by atoms with Crippen LogP contribution in [0.5, 0.6) is 5.88 Å². The summed E-state index contributed by atoms with van der Waals surface area (Å²) in [5.74, 6) is -0.311. The van der Waals surface area contributed by atoms with E-state index in [1.807, 2.05) is 13.8 Å². The zero-order valence-electron chi connectivity index (χ0n) is 11.7. The first-order valence-corrected chi connectivity index (χ1v) is 5.91. The maximum absolute atomic E-state index is 11.6. The molecule has 0 aliphatic heterocycles. The van der Waals surface area contributed by atoms with Gasteiger partial charge < -0.3 is 19.9 Å². The van der Waals surface area contributed by atoms with Gasteiger partial charge in [-0.2, -0.15) is 0 Å². The van der Waals surface area contributed by atoms with E-state index in [4.69, 9.17) is 15.2 Å². The van der Waals surface area contributed by atoms with Crippen molar-refractivity contribution in [2.45, 2.75) is 25.9 Å². The van der Waals surface area contributed by atoms with Crippen molar-refractivity contribution >= 4 is 11.7 Å². The van der Waals surface area contributed by atoms with Gasteiger partial charge in [0.25, 0.3) is 0 Å². The molecule has 0 saturated heterocycles. The van der Waals surface area contributed by atoms with Gasteiger partial charge in [-0.15, -0.1) is 0 Å². The fourth-order valence-corrected chi connectivity index (χ4v) is 1.34. The molecule has 1 heterocycles. The lowest BCUT2D eigenvalue weighted by atomic mass is 10.1. The molecule has 0 aromatic carbocycles. The van der Waals surface area contributed by atoms with Crippen molar-refractivity contribution in [2.24, 2.45) is 0 Å². The first-order chi connectivity index (χ1) is 8.89. The molecule has 0 atom stereocenters. The van der Waals surface area contributed by atoms with Crippen molar-refractivity contribution in [2.75, 3.05) is 26.6 Å². The highest BCUT2D eigenvalue weighted by Gasteiger charge is 2.19. The molecule has 0 radical (unpaired) electrons. The molecule has 1 aromatic heterocycles. The minimum atomic E-state index is -0.527. The van der Waals surface area contributed by atoms with Crippen molar-refractivity contribution in [3.8, 4) is 5.88 Å². The molecular formula is C13H20N2O4. The Morgan fingerprint density at radius 1 is 1.42 bits per heavy atom. The monoisotopic (exact) mass is 268 g/mol. The molecular weight excluding hydrogens is 248 g/mol. The van der Waals surface area contributed by atoms with E-state index in [-0.39, 0.29) is 17.0 Å². The Morgan fingerprint density at radius 2 is 2.11 bits per heavy atom. The summed E-state index contributed by atoms with van der Waals surface area (Å²) in [6, 6.07) is 1.48. The molecule has 0 aliphatic carbocycles. The Morgan fingerprint density at radius 3 is 2.68 bits per heavy atom. The Kier molecular flexibility index (Phi) is 5.11. The van der Waals surface area contributed by atoms with E-state index >= 15 is 0 Å². The molecule has 0 unspecified atom stereocenters. The number of carbonyl (C=O) groups is 1. The summed E-state index contributed by atoms with van der Waals surface area (Å²) in [7, 11) is 2.94. The molecule has 0 aliphatic rings. The highest BCUT2D eigenvalue weighted by molar-refractivity contribution is 5.92. The lowest BCUT2D eigenvalue weighted by Gasteiger charge is -2.22. The van der Waals surface area contributed by atoms with Crippen LogP contribution in [0.3, 0.4) is 0 Å². The third kappa shape index (κ3) is 4.40. The quantitative estimate of drug-likeness (QED) is 0.790. The van der Waals surface area contributed by atoms with E-state index in [0.29, 0.717) is 18.7 Å². The van der Waals surface area contributed by atoms with Gasteiger partial charge >= 0.3 is 5.97 Å². The molecule has 2 N–H and O–H groups in total. The summed E-state index contributed by atoms with van der Waals surface area (Å²) in [5.41, 5.74) is 5.90. The van der Waals surface area contributed by atoms with Crippen LogP contribution in [0.15, 0.2) is 12.3 Å². The number of ether oxygens (including phenoxy) is 3. The number of carbonyl (C=O) groups excluding carboxylic acids is 1. The SMILES string of the molecule is COC(=O)c1cc(N)cnc1OCCC(C)(C)OC. The summed E-state index contributed by atoms with van der Waals surface area (Å²) in [6.45, 7) is 4.28. The third-order valence-electron chi connectivity index (χ3n) is 2.77. The standard InChI is InChI=1S/C13H20N2O4/c1-13(2,18-4)5-6-19-11-10(12(16)17-3)7-9(14)8-15-11/h7-8H,5-6,14H2,1-4H3. The molecule has 0 amide bonds. The highest BCUT2D eigenvalue weighted by atomic mass is 16.5. The molecule has 6 nitrogen and oxygen atoms in total. The number of hydrogen-bond acceptors (Lipinski definition) is 6. The minimum absolute atomic E-state index is 0.216.